The quantitative estimate of drug-likeness (QED) is 0.769. The molecule has 0 bridgehead atoms. The molecule has 0 heterocycles. The number of carbonyl (C=O) groups excluding carboxylic acids is 1. The molecular weight excluding hydrogens is 211 g/mol. The molecule has 76 valence electrons. The van der Waals surface area contributed by atoms with Crippen LogP contribution in [0, 0.1) is 5.82 Å². The van der Waals surface area contributed by atoms with Crippen molar-refractivity contribution in [2.24, 2.45) is 0 Å². The van der Waals surface area contributed by atoms with Crippen LogP contribution in [0.2, 0.25) is 5.02 Å². The van der Waals surface area contributed by atoms with Crippen LogP contribution >= 0.6 is 11.6 Å². The Morgan fingerprint density at radius 1 is 1.64 bits per heavy atom. The van der Waals surface area contributed by atoms with Crippen LogP contribution in [-0.4, -0.2) is 18.2 Å². The van der Waals surface area contributed by atoms with Crippen molar-refractivity contribution in [2.75, 3.05) is 7.11 Å². The Morgan fingerprint density at radius 2 is 2.29 bits per heavy atom. The summed E-state index contributed by atoms with van der Waals surface area (Å²) in [5, 5.41) is 9.20. The van der Waals surface area contributed by atoms with Crippen LogP contribution in [0.5, 0.6) is 0 Å². The molecule has 3 nitrogen and oxygen atoms in total. The second kappa shape index (κ2) is 4.39. The first-order chi connectivity index (χ1) is 6.56. The topological polar surface area (TPSA) is 46.5 Å². The Balaban J connectivity index is 2.96. The summed E-state index contributed by atoms with van der Waals surface area (Å²) in [5.74, 6) is -1.42. The van der Waals surface area contributed by atoms with Gasteiger partial charge in [0.1, 0.15) is 5.82 Å². The number of halogens is 2. The Bertz CT molecular complexity index is 354. The Labute approximate surface area is 85.1 Å². The summed E-state index contributed by atoms with van der Waals surface area (Å²) in [4.78, 5) is 10.9. The maximum Gasteiger partial charge on any atom is 0.339 e. The van der Waals surface area contributed by atoms with Crippen LogP contribution < -0.4 is 0 Å². The van der Waals surface area contributed by atoms with Gasteiger partial charge in [-0.3, -0.25) is 0 Å². The molecule has 0 radical (unpaired) electrons. The minimum Gasteiger partial charge on any atom is -0.467 e. The van der Waals surface area contributed by atoms with Gasteiger partial charge in [-0.2, -0.15) is 0 Å². The summed E-state index contributed by atoms with van der Waals surface area (Å²) in [7, 11) is 1.15. The molecule has 0 aromatic heterocycles. The highest BCUT2D eigenvalue weighted by Crippen LogP contribution is 2.21. The summed E-state index contributed by atoms with van der Waals surface area (Å²) in [6.45, 7) is 0. The molecule has 5 heteroatoms. The number of methoxy groups -OCH3 is 1. The van der Waals surface area contributed by atoms with Crippen LogP contribution in [0.15, 0.2) is 18.2 Å². The van der Waals surface area contributed by atoms with Crippen LogP contribution in [0.1, 0.15) is 11.7 Å². The van der Waals surface area contributed by atoms with Crippen molar-refractivity contribution in [1.82, 2.24) is 0 Å². The number of hydrogen-bond donors (Lipinski definition) is 1. The molecule has 0 aliphatic rings. The molecule has 0 amide bonds. The molecule has 0 saturated carbocycles. The summed E-state index contributed by atoms with van der Waals surface area (Å²) < 4.78 is 17.0. The molecule has 0 fully saturated rings. The number of ether oxygens (including phenoxy) is 1. The third-order valence-corrected chi connectivity index (χ3v) is 1.97. The van der Waals surface area contributed by atoms with Gasteiger partial charge >= 0.3 is 5.97 Å². The molecular formula is C9H8ClFO3. The molecule has 0 spiro atoms. The lowest BCUT2D eigenvalue weighted by atomic mass is 10.1. The zero-order chi connectivity index (χ0) is 10.7. The van der Waals surface area contributed by atoms with E-state index in [0.717, 1.165) is 13.2 Å². The number of aliphatic hydroxyl groups excluding tert-OH is 1. The fraction of sp³-hybridized carbons (Fsp3) is 0.222. The first-order valence-electron chi connectivity index (χ1n) is 3.77. The van der Waals surface area contributed by atoms with Crippen molar-refractivity contribution >= 4 is 17.6 Å². The maximum absolute atomic E-state index is 12.7. The van der Waals surface area contributed by atoms with Crippen LogP contribution in [0.4, 0.5) is 4.39 Å². The van der Waals surface area contributed by atoms with E-state index in [1.165, 1.54) is 12.1 Å². The van der Waals surface area contributed by atoms with E-state index in [0.29, 0.717) is 0 Å². The molecule has 1 aromatic rings. The lowest BCUT2D eigenvalue weighted by Crippen LogP contribution is -2.13. The summed E-state index contributed by atoms with van der Waals surface area (Å²) in [6, 6.07) is 3.52. The number of carbonyl (C=O) groups is 1. The fourth-order valence-electron chi connectivity index (χ4n) is 0.930. The standard InChI is InChI=1S/C9H8ClFO3/c1-14-9(13)8(12)5-2-3-7(11)6(10)4-5/h2-4,8,12H,1H3. The first kappa shape index (κ1) is 10.9. The summed E-state index contributed by atoms with van der Waals surface area (Å²) in [6.07, 6.45) is -1.43. The molecule has 0 aliphatic heterocycles. The molecule has 1 aromatic carbocycles. The normalized spacial score (nSPS) is 12.3. The summed E-state index contributed by atoms with van der Waals surface area (Å²) >= 11 is 5.47. The maximum atomic E-state index is 12.7. The second-order valence-corrected chi connectivity index (χ2v) is 3.01. The van der Waals surface area contributed by atoms with Crippen LogP contribution in [-0.2, 0) is 9.53 Å². The van der Waals surface area contributed by atoms with Crippen LogP contribution in [0.25, 0.3) is 0 Å². The Kier molecular flexibility index (Phi) is 3.43. The van der Waals surface area contributed by atoms with E-state index in [9.17, 15) is 14.3 Å². The van der Waals surface area contributed by atoms with Gasteiger partial charge in [-0.1, -0.05) is 17.7 Å². The average molecular weight is 219 g/mol. The van der Waals surface area contributed by atoms with Gasteiger partial charge in [-0.05, 0) is 17.7 Å². The van der Waals surface area contributed by atoms with Gasteiger partial charge in [0, 0.05) is 0 Å². The highest BCUT2D eigenvalue weighted by molar-refractivity contribution is 6.30. The molecule has 1 unspecified atom stereocenters. The third-order valence-electron chi connectivity index (χ3n) is 1.68. The van der Waals surface area contributed by atoms with Crippen molar-refractivity contribution in [2.45, 2.75) is 6.10 Å². The fourth-order valence-corrected chi connectivity index (χ4v) is 1.12. The minimum absolute atomic E-state index is 0.148. The minimum atomic E-state index is -1.43. The SMILES string of the molecule is COC(=O)C(O)c1ccc(F)c(Cl)c1. The molecule has 0 saturated heterocycles. The van der Waals surface area contributed by atoms with E-state index >= 15 is 0 Å². The summed E-state index contributed by atoms with van der Waals surface area (Å²) in [5.41, 5.74) is 0.197. The Hall–Kier alpha value is -1.13. The molecule has 1 atom stereocenters. The number of hydrogen-bond acceptors (Lipinski definition) is 3. The average Bonchev–Trinajstić information content (AvgIpc) is 2.20. The monoisotopic (exact) mass is 218 g/mol. The third kappa shape index (κ3) is 2.21. The van der Waals surface area contributed by atoms with Crippen molar-refractivity contribution in [3.05, 3.63) is 34.6 Å². The molecule has 0 aliphatic carbocycles. The highest BCUT2D eigenvalue weighted by Gasteiger charge is 2.18. The van der Waals surface area contributed by atoms with Gasteiger partial charge in [-0.15, -0.1) is 0 Å². The van der Waals surface area contributed by atoms with Gasteiger partial charge in [0.05, 0.1) is 12.1 Å². The smallest absolute Gasteiger partial charge is 0.339 e. The van der Waals surface area contributed by atoms with Crippen molar-refractivity contribution in [1.29, 1.82) is 0 Å². The molecule has 1 rings (SSSR count). The van der Waals surface area contributed by atoms with E-state index < -0.39 is 17.9 Å². The van der Waals surface area contributed by atoms with Gasteiger partial charge in [0.25, 0.3) is 0 Å². The molecule has 14 heavy (non-hydrogen) atoms. The Morgan fingerprint density at radius 3 is 2.79 bits per heavy atom. The van der Waals surface area contributed by atoms with E-state index in [1.807, 2.05) is 0 Å². The van der Waals surface area contributed by atoms with Crippen LogP contribution in [0.3, 0.4) is 0 Å². The van der Waals surface area contributed by atoms with E-state index in [1.54, 1.807) is 0 Å². The predicted octanol–water partition coefficient (Wildman–Crippen LogP) is 1.69. The largest absolute Gasteiger partial charge is 0.467 e. The van der Waals surface area contributed by atoms with Gasteiger partial charge < -0.3 is 9.84 Å². The lowest BCUT2D eigenvalue weighted by molar-refractivity contribution is -0.150. The highest BCUT2D eigenvalue weighted by atomic mass is 35.5. The number of esters is 1. The van der Waals surface area contributed by atoms with Gasteiger partial charge in [-0.25, -0.2) is 9.18 Å². The van der Waals surface area contributed by atoms with Gasteiger partial charge in [0.15, 0.2) is 6.10 Å². The van der Waals surface area contributed by atoms with E-state index in [4.69, 9.17) is 11.6 Å². The zero-order valence-electron chi connectivity index (χ0n) is 7.33. The first-order valence-corrected chi connectivity index (χ1v) is 4.15. The second-order valence-electron chi connectivity index (χ2n) is 2.60. The van der Waals surface area contributed by atoms with Crippen molar-refractivity contribution in [3.63, 3.8) is 0 Å². The lowest BCUT2D eigenvalue weighted by Gasteiger charge is -2.08. The number of rotatable bonds is 2. The molecule has 1 N–H and O–H groups in total. The number of benzene rings is 1. The number of aliphatic hydroxyl groups is 1. The van der Waals surface area contributed by atoms with Gasteiger partial charge in [0.2, 0.25) is 0 Å². The van der Waals surface area contributed by atoms with Crippen molar-refractivity contribution < 1.29 is 19.0 Å². The van der Waals surface area contributed by atoms with Crippen molar-refractivity contribution in [3.8, 4) is 0 Å². The predicted molar refractivity (Wildman–Crippen MR) is 48.4 cm³/mol. The zero-order valence-corrected chi connectivity index (χ0v) is 8.08. The van der Waals surface area contributed by atoms with E-state index in [-0.39, 0.29) is 10.6 Å². The van der Waals surface area contributed by atoms with E-state index in [2.05, 4.69) is 4.74 Å².